The van der Waals surface area contributed by atoms with Gasteiger partial charge in [-0.1, -0.05) is 26.3 Å². The van der Waals surface area contributed by atoms with Crippen LogP contribution in [-0.2, 0) is 4.79 Å². The summed E-state index contributed by atoms with van der Waals surface area (Å²) < 4.78 is 0. The highest BCUT2D eigenvalue weighted by atomic mass is 16.1. The molecule has 0 aromatic carbocycles. The average molecular weight is 615 g/mol. The number of allylic oxidation sites excluding steroid dienone is 1. The number of hydrogen-bond acceptors (Lipinski definition) is 7. The van der Waals surface area contributed by atoms with Crippen molar-refractivity contribution in [2.45, 2.75) is 97.8 Å². The molecule has 45 heavy (non-hydrogen) atoms. The van der Waals surface area contributed by atoms with Crippen molar-refractivity contribution < 1.29 is 4.79 Å². The van der Waals surface area contributed by atoms with E-state index in [2.05, 4.69) is 52.5 Å². The molecular formula is C38H58N6O. The molecule has 4 heterocycles. The average Bonchev–Trinajstić information content (AvgIpc) is 3.83. The van der Waals surface area contributed by atoms with Crippen LogP contribution in [0.25, 0.3) is 0 Å². The van der Waals surface area contributed by atoms with E-state index in [0.29, 0.717) is 11.2 Å². The predicted octanol–water partition coefficient (Wildman–Crippen LogP) is 6.58. The lowest BCUT2D eigenvalue weighted by molar-refractivity contribution is -0.117. The maximum absolute atomic E-state index is 12.3. The van der Waals surface area contributed by atoms with Gasteiger partial charge in [-0.05, 0) is 117 Å². The maximum atomic E-state index is 12.3. The standard InChI is InChI=1S/C38H58N6O/c1-27(31-10-11-32-30-9-8-28-24-29(45)12-14-37(28,2)33(30)13-15-38(31,32)3)26-41-20-22-43(23-21-41)35-25-34(42-16-4-5-17-42)39-36(40-35)44-18-6-7-19-44/h24-25,27,30-33H,4-23,26H2,1-3H3/t27?,30-,31+,32-,33-,37-,38+/m0/s1. The topological polar surface area (TPSA) is 55.8 Å². The molecule has 1 unspecified atom stereocenters. The van der Waals surface area contributed by atoms with Gasteiger partial charge >= 0.3 is 0 Å². The molecule has 3 saturated carbocycles. The predicted molar refractivity (Wildman–Crippen MR) is 183 cm³/mol. The number of carbonyl (C=O) groups excluding carboxylic acids is 1. The van der Waals surface area contributed by atoms with E-state index < -0.39 is 0 Å². The fourth-order valence-electron chi connectivity index (χ4n) is 12.0. The molecule has 1 aromatic rings. The minimum absolute atomic E-state index is 0.287. The van der Waals surface area contributed by atoms with E-state index in [4.69, 9.17) is 9.97 Å². The molecule has 7 nitrogen and oxygen atoms in total. The number of ketones is 1. The Morgan fingerprint density at radius 3 is 2.16 bits per heavy atom. The molecule has 4 aliphatic carbocycles. The van der Waals surface area contributed by atoms with Gasteiger partial charge in [-0.25, -0.2) is 0 Å². The molecule has 0 spiro atoms. The highest BCUT2D eigenvalue weighted by molar-refractivity contribution is 5.91. The zero-order valence-corrected chi connectivity index (χ0v) is 28.5. The largest absolute Gasteiger partial charge is 0.356 e. The highest BCUT2D eigenvalue weighted by Crippen LogP contribution is 2.67. The molecule has 0 amide bonds. The van der Waals surface area contributed by atoms with E-state index in [1.54, 1.807) is 0 Å². The smallest absolute Gasteiger partial charge is 0.229 e. The third-order valence-electron chi connectivity index (χ3n) is 14.5. The highest BCUT2D eigenvalue weighted by Gasteiger charge is 2.59. The Labute approximate surface area is 272 Å². The zero-order chi connectivity index (χ0) is 30.8. The Morgan fingerprint density at radius 1 is 0.778 bits per heavy atom. The first-order valence-electron chi connectivity index (χ1n) is 18.9. The summed E-state index contributed by atoms with van der Waals surface area (Å²) in [6.45, 7) is 17.9. The Balaban J connectivity index is 0.910. The summed E-state index contributed by atoms with van der Waals surface area (Å²) in [5.74, 6) is 7.75. The Kier molecular flexibility index (Phi) is 7.94. The summed E-state index contributed by atoms with van der Waals surface area (Å²) >= 11 is 0. The summed E-state index contributed by atoms with van der Waals surface area (Å²) in [6.07, 6.45) is 17.1. The molecule has 0 N–H and O–H groups in total. The van der Waals surface area contributed by atoms with Crippen LogP contribution in [0.1, 0.15) is 97.8 Å². The van der Waals surface area contributed by atoms with Crippen molar-refractivity contribution in [2.24, 2.45) is 40.4 Å². The third-order valence-corrected chi connectivity index (χ3v) is 14.5. The number of fused-ring (bicyclic) bond motifs is 5. The van der Waals surface area contributed by atoms with Gasteiger partial charge < -0.3 is 14.7 Å². The molecule has 1 aromatic heterocycles. The van der Waals surface area contributed by atoms with E-state index in [0.717, 1.165) is 112 Å². The van der Waals surface area contributed by atoms with Crippen molar-refractivity contribution in [3.05, 3.63) is 17.7 Å². The van der Waals surface area contributed by atoms with Crippen LogP contribution in [0.5, 0.6) is 0 Å². The van der Waals surface area contributed by atoms with Crippen molar-refractivity contribution in [1.82, 2.24) is 14.9 Å². The van der Waals surface area contributed by atoms with Crippen LogP contribution in [0, 0.1) is 40.4 Å². The van der Waals surface area contributed by atoms with Crippen molar-refractivity contribution in [3.8, 4) is 0 Å². The molecule has 3 aliphatic heterocycles. The number of rotatable bonds is 6. The molecule has 7 aliphatic rings. The monoisotopic (exact) mass is 614 g/mol. The lowest BCUT2D eigenvalue weighted by Crippen LogP contribution is -2.52. The summed E-state index contributed by atoms with van der Waals surface area (Å²) in [6, 6.07) is 2.29. The minimum atomic E-state index is 0.287. The molecule has 7 heteroatoms. The normalized spacial score (nSPS) is 37.8. The van der Waals surface area contributed by atoms with Crippen LogP contribution in [0.2, 0.25) is 0 Å². The van der Waals surface area contributed by atoms with Gasteiger partial charge in [-0.3, -0.25) is 9.69 Å². The van der Waals surface area contributed by atoms with Crippen LogP contribution in [0.4, 0.5) is 17.6 Å². The van der Waals surface area contributed by atoms with Crippen molar-refractivity contribution >= 4 is 23.4 Å². The van der Waals surface area contributed by atoms with Gasteiger partial charge in [0.15, 0.2) is 5.78 Å². The second-order valence-corrected chi connectivity index (χ2v) is 16.7. The fourth-order valence-corrected chi connectivity index (χ4v) is 12.0. The summed E-state index contributed by atoms with van der Waals surface area (Å²) in [4.78, 5) is 32.7. The fraction of sp³-hybridized carbons (Fsp3) is 0.816. The van der Waals surface area contributed by atoms with Crippen LogP contribution in [-0.4, -0.2) is 79.6 Å². The van der Waals surface area contributed by atoms with Gasteiger partial charge in [0.2, 0.25) is 5.95 Å². The van der Waals surface area contributed by atoms with Crippen molar-refractivity contribution in [1.29, 1.82) is 0 Å². The van der Waals surface area contributed by atoms with E-state index in [-0.39, 0.29) is 5.41 Å². The molecule has 7 atom stereocenters. The van der Waals surface area contributed by atoms with Crippen LogP contribution < -0.4 is 14.7 Å². The van der Waals surface area contributed by atoms with Gasteiger partial charge in [0.05, 0.1) is 0 Å². The first-order valence-corrected chi connectivity index (χ1v) is 18.9. The molecule has 246 valence electrons. The molecule has 0 radical (unpaired) electrons. The van der Waals surface area contributed by atoms with Gasteiger partial charge in [0, 0.05) is 71.4 Å². The number of anilines is 3. The quantitative estimate of drug-likeness (QED) is 0.359. The molecule has 6 fully saturated rings. The van der Waals surface area contributed by atoms with Crippen LogP contribution in [0.3, 0.4) is 0 Å². The second-order valence-electron chi connectivity index (χ2n) is 16.7. The van der Waals surface area contributed by atoms with E-state index >= 15 is 0 Å². The number of aromatic nitrogens is 2. The molecule has 3 saturated heterocycles. The van der Waals surface area contributed by atoms with Crippen LogP contribution in [0.15, 0.2) is 17.7 Å². The number of nitrogens with zero attached hydrogens (tertiary/aromatic N) is 6. The molecular weight excluding hydrogens is 556 g/mol. The minimum Gasteiger partial charge on any atom is -0.356 e. The molecule has 0 bridgehead atoms. The Hall–Kier alpha value is -2.15. The van der Waals surface area contributed by atoms with Crippen molar-refractivity contribution in [3.63, 3.8) is 0 Å². The van der Waals surface area contributed by atoms with Gasteiger partial charge in [-0.2, -0.15) is 9.97 Å². The number of carbonyl (C=O) groups is 1. The molecule has 8 rings (SSSR count). The van der Waals surface area contributed by atoms with Gasteiger partial charge in [0.1, 0.15) is 11.6 Å². The second kappa shape index (κ2) is 11.8. The van der Waals surface area contributed by atoms with Gasteiger partial charge in [0.25, 0.3) is 0 Å². The summed E-state index contributed by atoms with van der Waals surface area (Å²) in [5, 5.41) is 0. The third kappa shape index (κ3) is 5.31. The van der Waals surface area contributed by atoms with E-state index in [1.165, 1.54) is 76.3 Å². The van der Waals surface area contributed by atoms with Crippen LogP contribution >= 0.6 is 0 Å². The van der Waals surface area contributed by atoms with E-state index in [1.807, 2.05) is 0 Å². The number of hydrogen-bond donors (Lipinski definition) is 0. The summed E-state index contributed by atoms with van der Waals surface area (Å²) in [7, 11) is 0. The maximum Gasteiger partial charge on any atom is 0.229 e. The lowest BCUT2D eigenvalue weighted by Gasteiger charge is -2.58. The van der Waals surface area contributed by atoms with E-state index in [9.17, 15) is 4.79 Å². The summed E-state index contributed by atoms with van der Waals surface area (Å²) in [5.41, 5.74) is 2.28. The van der Waals surface area contributed by atoms with Gasteiger partial charge in [-0.15, -0.1) is 0 Å². The Bertz CT molecular complexity index is 1260. The SMILES string of the molecule is CC(CN1CCN(c2cc(N3CCCC3)nc(N3CCCC3)n2)CC1)[C@H]1CC[C@H]2[C@@H]3CCC4=CC(=O)CC[C@]4(C)[C@H]3CC[C@]12C. The Morgan fingerprint density at radius 2 is 1.44 bits per heavy atom. The first kappa shape index (κ1) is 30.2. The number of piperazine rings is 1. The first-order chi connectivity index (χ1) is 21.8. The van der Waals surface area contributed by atoms with Crippen molar-refractivity contribution in [2.75, 3.05) is 73.6 Å². The zero-order valence-electron chi connectivity index (χ0n) is 28.5. The lowest BCUT2D eigenvalue weighted by atomic mass is 9.46.